The van der Waals surface area contributed by atoms with Crippen molar-refractivity contribution in [2.24, 2.45) is 10.7 Å². The van der Waals surface area contributed by atoms with Gasteiger partial charge >= 0.3 is 0 Å². The number of rotatable bonds is 1. The van der Waals surface area contributed by atoms with Crippen molar-refractivity contribution < 1.29 is 4.39 Å². The van der Waals surface area contributed by atoms with Crippen LogP contribution in [0.25, 0.3) is 0 Å². The van der Waals surface area contributed by atoms with Crippen LogP contribution in [0.15, 0.2) is 23.2 Å². The third-order valence-electron chi connectivity index (χ3n) is 2.94. The zero-order chi connectivity index (χ0) is 12.5. The second-order valence-electron chi connectivity index (χ2n) is 4.42. The number of anilines is 1. The van der Waals surface area contributed by atoms with E-state index in [2.05, 4.69) is 4.99 Å². The lowest BCUT2D eigenvalue weighted by Crippen LogP contribution is -2.25. The normalized spacial score (nSPS) is 25.2. The maximum absolute atomic E-state index is 13.9. The Bertz CT molecular complexity index is 461. The summed E-state index contributed by atoms with van der Waals surface area (Å²) >= 11 is 1.72. The predicted molar refractivity (Wildman–Crippen MR) is 71.7 cm³/mol. The van der Waals surface area contributed by atoms with Crippen LogP contribution in [0.1, 0.15) is 18.9 Å². The molecule has 1 aromatic rings. The fraction of sp³-hybridized carbons (Fsp3) is 0.417. The first-order valence-electron chi connectivity index (χ1n) is 5.49. The van der Waals surface area contributed by atoms with Gasteiger partial charge in [-0.3, -0.25) is 4.99 Å². The number of amidine groups is 1. The van der Waals surface area contributed by atoms with E-state index in [9.17, 15) is 4.39 Å². The number of benzene rings is 1. The second kappa shape index (κ2) is 4.56. The Balaban J connectivity index is 2.49. The summed E-state index contributed by atoms with van der Waals surface area (Å²) in [6, 6.07) is 4.60. The molecule has 5 heteroatoms. The van der Waals surface area contributed by atoms with Crippen LogP contribution in [0.2, 0.25) is 0 Å². The monoisotopic (exact) mass is 253 g/mol. The average Bonchev–Trinajstić information content (AvgIpc) is 2.44. The predicted octanol–water partition coefficient (Wildman–Crippen LogP) is 2.12. The van der Waals surface area contributed by atoms with Gasteiger partial charge in [0.25, 0.3) is 0 Å². The van der Waals surface area contributed by atoms with Crippen molar-refractivity contribution in [3.8, 4) is 0 Å². The smallest absolute Gasteiger partial charge is 0.128 e. The Morgan fingerprint density at radius 1 is 1.41 bits per heavy atom. The molecule has 0 fully saturated rings. The van der Waals surface area contributed by atoms with Crippen molar-refractivity contribution >= 4 is 23.3 Å². The zero-order valence-electron chi connectivity index (χ0n) is 9.74. The van der Waals surface area contributed by atoms with Crippen molar-refractivity contribution in [2.75, 3.05) is 17.2 Å². The van der Waals surface area contributed by atoms with Crippen LogP contribution in [-0.4, -0.2) is 17.3 Å². The van der Waals surface area contributed by atoms with Crippen molar-refractivity contribution in [2.45, 2.75) is 18.9 Å². The van der Waals surface area contributed by atoms with Crippen LogP contribution in [0, 0.1) is 5.82 Å². The number of hydrogen-bond acceptors (Lipinski definition) is 4. The number of aliphatic imine (C=N–C) groups is 1. The van der Waals surface area contributed by atoms with Gasteiger partial charge in [-0.1, -0.05) is 0 Å². The molecule has 1 aliphatic heterocycles. The molecule has 1 aliphatic rings. The molecule has 0 saturated heterocycles. The average molecular weight is 253 g/mol. The maximum Gasteiger partial charge on any atom is 0.128 e. The first-order valence-corrected chi connectivity index (χ1v) is 6.64. The van der Waals surface area contributed by atoms with E-state index < -0.39 is 5.54 Å². The zero-order valence-corrected chi connectivity index (χ0v) is 10.6. The van der Waals surface area contributed by atoms with Crippen LogP contribution in [0.5, 0.6) is 0 Å². The molecule has 0 radical (unpaired) electrons. The van der Waals surface area contributed by atoms with Gasteiger partial charge in [0.05, 0.1) is 11.3 Å². The molecule has 1 aromatic carbocycles. The van der Waals surface area contributed by atoms with Gasteiger partial charge in [-0.15, -0.1) is 0 Å². The van der Waals surface area contributed by atoms with Crippen LogP contribution >= 0.6 is 11.8 Å². The van der Waals surface area contributed by atoms with Crippen molar-refractivity contribution in [3.05, 3.63) is 29.6 Å². The van der Waals surface area contributed by atoms with Crippen LogP contribution in [0.3, 0.4) is 0 Å². The minimum atomic E-state index is -0.604. The molecular formula is C12H16FN3S. The Kier molecular flexibility index (Phi) is 3.28. The highest BCUT2D eigenvalue weighted by molar-refractivity contribution is 7.99. The quantitative estimate of drug-likeness (QED) is 0.753. The number of nitrogens with two attached hydrogens (primary N) is 2. The summed E-state index contributed by atoms with van der Waals surface area (Å²) in [6.07, 6.45) is 0.763. The Labute approximate surface area is 104 Å². The molecular weight excluding hydrogens is 237 g/mol. The molecule has 0 unspecified atom stereocenters. The van der Waals surface area contributed by atoms with Gasteiger partial charge in [-0.05, 0) is 37.3 Å². The van der Waals surface area contributed by atoms with E-state index in [4.69, 9.17) is 11.5 Å². The van der Waals surface area contributed by atoms with Gasteiger partial charge < -0.3 is 11.5 Å². The summed E-state index contributed by atoms with van der Waals surface area (Å²) in [6.45, 7) is 1.91. The molecule has 0 spiro atoms. The molecule has 1 heterocycles. The van der Waals surface area contributed by atoms with Crippen LogP contribution < -0.4 is 11.5 Å². The molecule has 17 heavy (non-hydrogen) atoms. The highest BCUT2D eigenvalue weighted by atomic mass is 32.2. The molecule has 0 aromatic heterocycles. The van der Waals surface area contributed by atoms with Crippen molar-refractivity contribution in [1.29, 1.82) is 0 Å². The molecule has 0 bridgehead atoms. The lowest BCUT2D eigenvalue weighted by atomic mass is 9.89. The number of nitrogens with zero attached hydrogens (tertiary/aromatic N) is 1. The lowest BCUT2D eigenvalue weighted by Gasteiger charge is -2.25. The fourth-order valence-electron chi connectivity index (χ4n) is 2.00. The highest BCUT2D eigenvalue weighted by Crippen LogP contribution is 2.35. The van der Waals surface area contributed by atoms with Gasteiger partial charge in [0.15, 0.2) is 0 Å². The van der Waals surface area contributed by atoms with E-state index in [1.807, 2.05) is 6.92 Å². The molecule has 3 nitrogen and oxygen atoms in total. The molecule has 92 valence electrons. The van der Waals surface area contributed by atoms with Gasteiger partial charge in [0, 0.05) is 11.3 Å². The lowest BCUT2D eigenvalue weighted by molar-refractivity contribution is 0.453. The minimum Gasteiger partial charge on any atom is -0.399 e. The molecule has 1 atom stereocenters. The number of nitrogen functional groups attached to an aromatic ring is 1. The van der Waals surface area contributed by atoms with Gasteiger partial charge in [-0.25, -0.2) is 4.39 Å². The summed E-state index contributed by atoms with van der Waals surface area (Å²) in [4.78, 5) is 4.46. The van der Waals surface area contributed by atoms with Crippen LogP contribution in [-0.2, 0) is 5.54 Å². The second-order valence-corrected chi connectivity index (χ2v) is 5.52. The first kappa shape index (κ1) is 12.2. The van der Waals surface area contributed by atoms with E-state index in [1.54, 1.807) is 23.9 Å². The van der Waals surface area contributed by atoms with Gasteiger partial charge in [-0.2, -0.15) is 11.8 Å². The van der Waals surface area contributed by atoms with E-state index >= 15 is 0 Å². The summed E-state index contributed by atoms with van der Waals surface area (Å²) < 4.78 is 13.9. The minimum absolute atomic E-state index is 0.273. The molecule has 0 aliphatic carbocycles. The van der Waals surface area contributed by atoms with Gasteiger partial charge in [0.1, 0.15) is 11.7 Å². The third kappa shape index (κ3) is 2.54. The highest BCUT2D eigenvalue weighted by Gasteiger charge is 2.30. The van der Waals surface area contributed by atoms with E-state index in [0.29, 0.717) is 22.8 Å². The Hall–Kier alpha value is -1.23. The molecule has 0 amide bonds. The van der Waals surface area contributed by atoms with Crippen molar-refractivity contribution in [3.63, 3.8) is 0 Å². The SMILES string of the molecule is C[C@@]1(c2cc(N)ccc2F)CCSCC(N)=N1. The Morgan fingerprint density at radius 2 is 2.18 bits per heavy atom. The summed E-state index contributed by atoms with van der Waals surface area (Å²) in [5.74, 6) is 1.91. The fourth-order valence-corrected chi connectivity index (χ4v) is 2.96. The number of halogens is 1. The largest absolute Gasteiger partial charge is 0.399 e. The van der Waals surface area contributed by atoms with Crippen LogP contribution in [0.4, 0.5) is 10.1 Å². The molecule has 0 saturated carbocycles. The van der Waals surface area contributed by atoms with E-state index in [0.717, 1.165) is 12.2 Å². The summed E-state index contributed by atoms with van der Waals surface area (Å²) in [7, 11) is 0. The standard InChI is InChI=1S/C12H16FN3S/c1-12(4-5-17-7-11(15)16-12)9-6-8(14)2-3-10(9)13/h2-3,6H,4-5,7,14H2,1H3,(H2,15,16)/t12-/m0/s1. The molecule has 4 N–H and O–H groups in total. The number of thioether (sulfide) groups is 1. The van der Waals surface area contributed by atoms with Crippen molar-refractivity contribution in [1.82, 2.24) is 0 Å². The summed E-state index contributed by atoms with van der Waals surface area (Å²) in [5.41, 5.74) is 12.0. The Morgan fingerprint density at radius 3 is 2.94 bits per heavy atom. The van der Waals surface area contributed by atoms with E-state index in [1.165, 1.54) is 6.07 Å². The number of hydrogen-bond donors (Lipinski definition) is 2. The van der Waals surface area contributed by atoms with E-state index in [-0.39, 0.29) is 5.82 Å². The maximum atomic E-state index is 13.9. The van der Waals surface area contributed by atoms with Gasteiger partial charge in [0.2, 0.25) is 0 Å². The first-order chi connectivity index (χ1) is 8.01. The topological polar surface area (TPSA) is 64.4 Å². The third-order valence-corrected chi connectivity index (χ3v) is 3.94. The molecule has 2 rings (SSSR count). The summed E-state index contributed by atoms with van der Waals surface area (Å²) in [5, 5.41) is 0.